The molecule has 0 aliphatic heterocycles. The van der Waals surface area contributed by atoms with Gasteiger partial charge >= 0.3 is 0 Å². The monoisotopic (exact) mass is 287 g/mol. The lowest BCUT2D eigenvalue weighted by Gasteiger charge is -2.15. The predicted molar refractivity (Wildman–Crippen MR) is 82.5 cm³/mol. The third-order valence-electron chi connectivity index (χ3n) is 3.88. The predicted octanol–water partition coefficient (Wildman–Crippen LogP) is 3.78. The van der Waals surface area contributed by atoms with Crippen molar-refractivity contribution >= 4 is 0 Å². The molecule has 0 amide bonds. The van der Waals surface area contributed by atoms with Crippen molar-refractivity contribution in [3.63, 3.8) is 0 Å². The topological polar surface area (TPSA) is 33.1 Å². The number of halogens is 1. The van der Waals surface area contributed by atoms with Crippen LogP contribution in [0.15, 0.2) is 48.8 Å². The molecule has 1 heterocycles. The van der Waals surface area contributed by atoms with Gasteiger partial charge < -0.3 is 5.11 Å². The fourth-order valence-electron chi connectivity index (χ4n) is 2.56. The minimum Gasteiger partial charge on any atom is -0.396 e. The molecule has 1 N–H and O–H groups in total. The van der Waals surface area contributed by atoms with Crippen LogP contribution in [-0.4, -0.2) is 16.7 Å². The Kier molecular flexibility index (Phi) is 6.35. The van der Waals surface area contributed by atoms with Crippen molar-refractivity contribution in [3.8, 4) is 0 Å². The molecule has 1 unspecified atom stereocenters. The van der Waals surface area contributed by atoms with E-state index in [-0.39, 0.29) is 12.4 Å². The molecule has 112 valence electrons. The number of pyridine rings is 1. The average Bonchev–Trinajstić information content (AvgIpc) is 2.52. The summed E-state index contributed by atoms with van der Waals surface area (Å²) in [5.74, 6) is 0.302. The fraction of sp³-hybridized carbons (Fsp3) is 0.389. The molecule has 21 heavy (non-hydrogen) atoms. The van der Waals surface area contributed by atoms with Crippen LogP contribution in [0.1, 0.15) is 30.4 Å². The van der Waals surface area contributed by atoms with Gasteiger partial charge in [0.25, 0.3) is 0 Å². The van der Waals surface area contributed by atoms with Crippen LogP contribution in [0.4, 0.5) is 4.39 Å². The number of aryl methyl sites for hydroxylation is 2. The first-order valence-electron chi connectivity index (χ1n) is 7.52. The van der Waals surface area contributed by atoms with Crippen molar-refractivity contribution in [1.29, 1.82) is 0 Å². The summed E-state index contributed by atoms with van der Waals surface area (Å²) in [6.07, 6.45) is 8.48. The molecular weight excluding hydrogens is 265 g/mol. The second-order valence-corrected chi connectivity index (χ2v) is 5.44. The Morgan fingerprint density at radius 2 is 1.43 bits per heavy atom. The minimum absolute atomic E-state index is 0.191. The molecule has 0 saturated carbocycles. The van der Waals surface area contributed by atoms with Crippen LogP contribution in [0.3, 0.4) is 0 Å². The first-order chi connectivity index (χ1) is 10.3. The van der Waals surface area contributed by atoms with Crippen LogP contribution >= 0.6 is 0 Å². The van der Waals surface area contributed by atoms with E-state index >= 15 is 0 Å². The van der Waals surface area contributed by atoms with Crippen LogP contribution in [0.5, 0.6) is 0 Å². The Morgan fingerprint density at radius 1 is 0.857 bits per heavy atom. The molecule has 0 spiro atoms. The van der Waals surface area contributed by atoms with Crippen molar-refractivity contribution in [2.24, 2.45) is 5.92 Å². The van der Waals surface area contributed by atoms with Gasteiger partial charge in [0.05, 0.1) is 0 Å². The molecule has 1 aromatic heterocycles. The maximum Gasteiger partial charge on any atom is 0.123 e. The zero-order valence-corrected chi connectivity index (χ0v) is 12.2. The van der Waals surface area contributed by atoms with Crippen LogP contribution in [-0.2, 0) is 12.8 Å². The molecule has 2 aromatic rings. The fourth-order valence-corrected chi connectivity index (χ4v) is 2.56. The zero-order chi connectivity index (χ0) is 14.9. The maximum absolute atomic E-state index is 12.9. The highest BCUT2D eigenvalue weighted by atomic mass is 19.1. The van der Waals surface area contributed by atoms with Gasteiger partial charge in [-0.05, 0) is 73.4 Å². The van der Waals surface area contributed by atoms with E-state index in [0.29, 0.717) is 5.92 Å². The quantitative estimate of drug-likeness (QED) is 0.801. The number of hydrogen-bond acceptors (Lipinski definition) is 2. The van der Waals surface area contributed by atoms with Crippen LogP contribution in [0, 0.1) is 11.7 Å². The summed E-state index contributed by atoms with van der Waals surface area (Å²) in [4.78, 5) is 4.02. The van der Waals surface area contributed by atoms with Gasteiger partial charge in [0.1, 0.15) is 5.82 Å². The Bertz CT molecular complexity index is 513. The first kappa shape index (κ1) is 15.6. The van der Waals surface area contributed by atoms with Crippen LogP contribution < -0.4 is 0 Å². The lowest BCUT2D eigenvalue weighted by atomic mass is 9.91. The van der Waals surface area contributed by atoms with Gasteiger partial charge in [-0.3, -0.25) is 4.98 Å². The lowest BCUT2D eigenvalue weighted by molar-refractivity contribution is 0.246. The van der Waals surface area contributed by atoms with E-state index in [1.54, 1.807) is 0 Å². The number of aromatic nitrogens is 1. The number of rotatable bonds is 8. The molecule has 1 aromatic carbocycles. The Morgan fingerprint density at radius 3 is 2.00 bits per heavy atom. The molecule has 0 aliphatic rings. The smallest absolute Gasteiger partial charge is 0.123 e. The second kappa shape index (κ2) is 8.53. The highest BCUT2D eigenvalue weighted by molar-refractivity contribution is 5.16. The highest BCUT2D eigenvalue weighted by Crippen LogP contribution is 2.19. The molecule has 3 heteroatoms. The van der Waals surface area contributed by atoms with E-state index in [9.17, 15) is 9.50 Å². The third-order valence-corrected chi connectivity index (χ3v) is 3.88. The zero-order valence-electron chi connectivity index (χ0n) is 12.2. The highest BCUT2D eigenvalue weighted by Gasteiger charge is 2.09. The van der Waals surface area contributed by atoms with Crippen molar-refractivity contribution < 1.29 is 9.50 Å². The standard InChI is InChI=1S/C18H22FNO/c19-18-7-5-15(6-8-18)1-2-16(11-14-21)3-4-17-9-12-20-13-10-17/h5-10,12-13,16,21H,1-4,11,14H2. The Labute approximate surface area is 125 Å². The number of nitrogens with zero attached hydrogens (tertiary/aromatic N) is 1. The molecule has 2 nitrogen and oxygen atoms in total. The summed E-state index contributed by atoms with van der Waals surface area (Å²) >= 11 is 0. The third kappa shape index (κ3) is 5.64. The van der Waals surface area contributed by atoms with Gasteiger partial charge in [0.2, 0.25) is 0 Å². The van der Waals surface area contributed by atoms with Crippen molar-refractivity contribution in [2.75, 3.05) is 6.61 Å². The molecule has 0 fully saturated rings. The molecule has 0 saturated heterocycles. The number of aliphatic hydroxyl groups excluding tert-OH is 1. The molecule has 0 aliphatic carbocycles. The molecule has 0 bridgehead atoms. The number of hydrogen-bond donors (Lipinski definition) is 1. The van der Waals surface area contributed by atoms with E-state index in [2.05, 4.69) is 4.98 Å². The van der Waals surface area contributed by atoms with E-state index in [0.717, 1.165) is 37.7 Å². The van der Waals surface area contributed by atoms with Crippen molar-refractivity contribution in [2.45, 2.75) is 32.1 Å². The van der Waals surface area contributed by atoms with Crippen molar-refractivity contribution in [1.82, 2.24) is 4.98 Å². The summed E-state index contributed by atoms with van der Waals surface area (Å²) in [5, 5.41) is 9.21. The largest absolute Gasteiger partial charge is 0.396 e. The first-order valence-corrected chi connectivity index (χ1v) is 7.52. The Hall–Kier alpha value is -1.74. The van der Waals surface area contributed by atoms with E-state index in [1.807, 2.05) is 36.7 Å². The summed E-state index contributed by atoms with van der Waals surface area (Å²) in [7, 11) is 0. The molecule has 1 atom stereocenters. The lowest BCUT2D eigenvalue weighted by Crippen LogP contribution is -2.07. The van der Waals surface area contributed by atoms with Crippen LogP contribution in [0.2, 0.25) is 0 Å². The average molecular weight is 287 g/mol. The molecule has 0 radical (unpaired) electrons. The second-order valence-electron chi connectivity index (χ2n) is 5.44. The maximum atomic E-state index is 12.9. The van der Waals surface area contributed by atoms with Crippen molar-refractivity contribution in [3.05, 3.63) is 65.7 Å². The normalized spacial score (nSPS) is 12.3. The summed E-state index contributed by atoms with van der Waals surface area (Å²) < 4.78 is 12.9. The van der Waals surface area contributed by atoms with E-state index in [1.165, 1.54) is 17.7 Å². The summed E-state index contributed by atoms with van der Waals surface area (Å²) in [6.45, 7) is 0.227. The van der Waals surface area contributed by atoms with E-state index < -0.39 is 0 Å². The minimum atomic E-state index is -0.191. The van der Waals surface area contributed by atoms with Gasteiger partial charge in [-0.1, -0.05) is 12.1 Å². The SMILES string of the molecule is OCCC(CCc1ccncc1)CCc1ccc(F)cc1. The number of benzene rings is 1. The van der Waals surface area contributed by atoms with Gasteiger partial charge in [-0.25, -0.2) is 4.39 Å². The van der Waals surface area contributed by atoms with Gasteiger partial charge in [0.15, 0.2) is 0 Å². The van der Waals surface area contributed by atoms with Gasteiger partial charge in [-0.15, -0.1) is 0 Å². The van der Waals surface area contributed by atoms with Gasteiger partial charge in [-0.2, -0.15) is 0 Å². The van der Waals surface area contributed by atoms with Crippen LogP contribution in [0.25, 0.3) is 0 Å². The summed E-state index contributed by atoms with van der Waals surface area (Å²) in [5.41, 5.74) is 2.44. The Balaban J connectivity index is 1.82. The molecular formula is C18H22FNO. The molecule has 2 rings (SSSR count). The van der Waals surface area contributed by atoms with E-state index in [4.69, 9.17) is 0 Å². The van der Waals surface area contributed by atoms with Gasteiger partial charge in [0, 0.05) is 19.0 Å². The summed E-state index contributed by atoms with van der Waals surface area (Å²) in [6, 6.07) is 10.8. The number of aliphatic hydroxyl groups is 1.